The fourth-order valence-corrected chi connectivity index (χ4v) is 1.77. The minimum absolute atomic E-state index is 0.113. The van der Waals surface area contributed by atoms with E-state index >= 15 is 0 Å². The summed E-state index contributed by atoms with van der Waals surface area (Å²) in [5.74, 6) is 0. The molecule has 1 heterocycles. The first-order valence-corrected chi connectivity index (χ1v) is 7.68. The smallest absolute Gasteiger partial charge is 0.264 e. The first-order chi connectivity index (χ1) is 9.01. The zero-order valence-corrected chi connectivity index (χ0v) is 12.0. The average Bonchev–Trinajstić information content (AvgIpc) is 2.35. The second-order valence-corrected chi connectivity index (χ2v) is 5.64. The predicted molar refractivity (Wildman–Crippen MR) is 70.3 cm³/mol. The molecular weight excluding hydrogens is 270 g/mol. The van der Waals surface area contributed by atoms with Crippen molar-refractivity contribution in [2.45, 2.75) is 12.8 Å². The number of hydrogen-bond donors (Lipinski definition) is 0. The van der Waals surface area contributed by atoms with Gasteiger partial charge in [0.2, 0.25) is 0 Å². The van der Waals surface area contributed by atoms with E-state index in [0.29, 0.717) is 13.0 Å². The predicted octanol–water partition coefficient (Wildman–Crippen LogP) is 0.763. The number of rotatable bonds is 9. The maximum atomic E-state index is 10.8. The molecule has 0 aliphatic carbocycles. The Morgan fingerprint density at radius 3 is 2.58 bits per heavy atom. The lowest BCUT2D eigenvalue weighted by atomic mass is 10.2. The minimum Gasteiger partial charge on any atom is -0.359 e. The molecule has 0 N–H and O–H groups in total. The van der Waals surface area contributed by atoms with Gasteiger partial charge in [-0.05, 0) is 18.1 Å². The minimum atomic E-state index is -3.38. The zero-order valence-electron chi connectivity index (χ0n) is 11.2. The standard InChI is InChI=1S/C12H19NO5S/c1-16-10-17-7-5-11-3-4-12(13-9-11)6-8-18-19(2,14)15/h3-4,9H,5-8,10H2,1-2H3. The van der Waals surface area contributed by atoms with Crippen LogP contribution in [0.15, 0.2) is 18.3 Å². The molecular formula is C12H19NO5S. The van der Waals surface area contributed by atoms with Gasteiger partial charge in [-0.3, -0.25) is 9.17 Å². The van der Waals surface area contributed by atoms with E-state index in [1.54, 1.807) is 13.3 Å². The van der Waals surface area contributed by atoms with Crippen LogP contribution in [-0.2, 0) is 36.6 Å². The molecule has 19 heavy (non-hydrogen) atoms. The van der Waals surface area contributed by atoms with Crippen LogP contribution in [0, 0.1) is 0 Å². The van der Waals surface area contributed by atoms with Gasteiger partial charge < -0.3 is 9.47 Å². The highest BCUT2D eigenvalue weighted by Gasteiger charge is 2.02. The molecule has 1 aromatic rings. The van der Waals surface area contributed by atoms with Crippen molar-refractivity contribution < 1.29 is 22.1 Å². The normalized spacial score (nSPS) is 11.7. The van der Waals surface area contributed by atoms with Crippen molar-refractivity contribution in [1.82, 2.24) is 4.98 Å². The van der Waals surface area contributed by atoms with Gasteiger partial charge in [0.05, 0.1) is 19.5 Å². The molecule has 0 radical (unpaired) electrons. The molecule has 0 saturated carbocycles. The van der Waals surface area contributed by atoms with Crippen LogP contribution in [0.3, 0.4) is 0 Å². The molecule has 1 aromatic heterocycles. The SMILES string of the molecule is COCOCCc1ccc(CCOS(C)(=O)=O)nc1. The Kier molecular flexibility index (Phi) is 6.93. The highest BCUT2D eigenvalue weighted by atomic mass is 32.2. The molecule has 0 bridgehead atoms. The summed E-state index contributed by atoms with van der Waals surface area (Å²) in [5, 5.41) is 0. The molecule has 0 amide bonds. The van der Waals surface area contributed by atoms with Crippen LogP contribution >= 0.6 is 0 Å². The van der Waals surface area contributed by atoms with E-state index in [0.717, 1.165) is 23.9 Å². The lowest BCUT2D eigenvalue weighted by Gasteiger charge is -2.04. The average molecular weight is 289 g/mol. The Morgan fingerprint density at radius 1 is 1.21 bits per heavy atom. The van der Waals surface area contributed by atoms with Gasteiger partial charge in [0.1, 0.15) is 6.79 Å². The number of nitrogens with zero attached hydrogens (tertiary/aromatic N) is 1. The molecule has 1 rings (SSSR count). The van der Waals surface area contributed by atoms with Gasteiger partial charge in [0.15, 0.2) is 0 Å². The summed E-state index contributed by atoms with van der Waals surface area (Å²) in [6.45, 7) is 0.975. The third-order valence-corrected chi connectivity index (χ3v) is 2.87. The first-order valence-electron chi connectivity index (χ1n) is 5.86. The molecule has 0 unspecified atom stereocenters. The Labute approximate surface area is 113 Å². The van der Waals surface area contributed by atoms with E-state index in [-0.39, 0.29) is 13.4 Å². The van der Waals surface area contributed by atoms with Crippen LogP contribution in [-0.4, -0.2) is 46.8 Å². The number of ether oxygens (including phenoxy) is 2. The van der Waals surface area contributed by atoms with Crippen LogP contribution in [0.2, 0.25) is 0 Å². The third kappa shape index (κ3) is 7.89. The van der Waals surface area contributed by atoms with E-state index in [4.69, 9.17) is 9.47 Å². The van der Waals surface area contributed by atoms with E-state index < -0.39 is 10.1 Å². The maximum absolute atomic E-state index is 10.8. The van der Waals surface area contributed by atoms with Gasteiger partial charge in [-0.2, -0.15) is 8.42 Å². The van der Waals surface area contributed by atoms with Crippen LogP contribution in [0.25, 0.3) is 0 Å². The summed E-state index contributed by atoms with van der Waals surface area (Å²) in [7, 11) is -1.80. The zero-order chi connectivity index (χ0) is 14.1. The maximum Gasteiger partial charge on any atom is 0.264 e. The first kappa shape index (κ1) is 16.0. The van der Waals surface area contributed by atoms with Crippen molar-refractivity contribution in [1.29, 1.82) is 0 Å². The lowest BCUT2D eigenvalue weighted by Crippen LogP contribution is -2.07. The molecule has 7 heteroatoms. The van der Waals surface area contributed by atoms with Gasteiger partial charge >= 0.3 is 0 Å². The summed E-state index contributed by atoms with van der Waals surface area (Å²) in [6, 6.07) is 3.80. The highest BCUT2D eigenvalue weighted by molar-refractivity contribution is 7.85. The molecule has 0 spiro atoms. The summed E-state index contributed by atoms with van der Waals surface area (Å²) in [6.07, 6.45) is 4.01. The summed E-state index contributed by atoms with van der Waals surface area (Å²) < 4.78 is 36.2. The number of hydrogen-bond acceptors (Lipinski definition) is 6. The largest absolute Gasteiger partial charge is 0.359 e. The quantitative estimate of drug-likeness (QED) is 0.379. The van der Waals surface area contributed by atoms with E-state index in [9.17, 15) is 8.42 Å². The second-order valence-electron chi connectivity index (χ2n) is 4.00. The van der Waals surface area contributed by atoms with Gasteiger partial charge in [-0.1, -0.05) is 6.07 Å². The molecule has 108 valence electrons. The Balaban J connectivity index is 2.31. The summed E-state index contributed by atoms with van der Waals surface area (Å²) in [5.41, 5.74) is 1.86. The molecule has 0 aliphatic rings. The van der Waals surface area contributed by atoms with E-state index in [2.05, 4.69) is 9.17 Å². The Hall–Kier alpha value is -1.02. The van der Waals surface area contributed by atoms with Crippen LogP contribution in [0.5, 0.6) is 0 Å². The summed E-state index contributed by atoms with van der Waals surface area (Å²) in [4.78, 5) is 4.24. The lowest BCUT2D eigenvalue weighted by molar-refractivity contribution is -0.0291. The molecule has 0 aliphatic heterocycles. The number of aromatic nitrogens is 1. The fourth-order valence-electron chi connectivity index (χ4n) is 1.38. The Bertz CT molecular complexity index is 458. The number of pyridine rings is 1. The van der Waals surface area contributed by atoms with Crippen molar-refractivity contribution in [3.8, 4) is 0 Å². The molecule has 0 fully saturated rings. The monoisotopic (exact) mass is 289 g/mol. The summed E-state index contributed by atoms with van der Waals surface area (Å²) >= 11 is 0. The molecule has 0 saturated heterocycles. The van der Waals surface area contributed by atoms with E-state index in [1.165, 1.54) is 0 Å². The van der Waals surface area contributed by atoms with Crippen LogP contribution < -0.4 is 0 Å². The van der Waals surface area contributed by atoms with Crippen LogP contribution in [0.4, 0.5) is 0 Å². The Morgan fingerprint density at radius 2 is 2.00 bits per heavy atom. The third-order valence-electron chi connectivity index (χ3n) is 2.28. The topological polar surface area (TPSA) is 74.7 Å². The van der Waals surface area contributed by atoms with Crippen molar-refractivity contribution in [2.75, 3.05) is 33.4 Å². The molecule has 0 aromatic carbocycles. The van der Waals surface area contributed by atoms with Crippen molar-refractivity contribution in [2.24, 2.45) is 0 Å². The van der Waals surface area contributed by atoms with Gasteiger partial charge in [0.25, 0.3) is 10.1 Å². The molecule has 0 atom stereocenters. The molecule has 6 nitrogen and oxygen atoms in total. The second kappa shape index (κ2) is 8.21. The van der Waals surface area contributed by atoms with Crippen LogP contribution in [0.1, 0.15) is 11.3 Å². The van der Waals surface area contributed by atoms with Crippen molar-refractivity contribution in [3.05, 3.63) is 29.6 Å². The van der Waals surface area contributed by atoms with Gasteiger partial charge in [-0.15, -0.1) is 0 Å². The van der Waals surface area contributed by atoms with E-state index in [1.807, 2.05) is 12.1 Å². The highest BCUT2D eigenvalue weighted by Crippen LogP contribution is 2.03. The van der Waals surface area contributed by atoms with Crippen molar-refractivity contribution in [3.63, 3.8) is 0 Å². The fraction of sp³-hybridized carbons (Fsp3) is 0.583. The van der Waals surface area contributed by atoms with Gasteiger partial charge in [0, 0.05) is 25.4 Å². The number of methoxy groups -OCH3 is 1. The van der Waals surface area contributed by atoms with Gasteiger partial charge in [-0.25, -0.2) is 0 Å². The van der Waals surface area contributed by atoms with Crippen molar-refractivity contribution >= 4 is 10.1 Å².